The summed E-state index contributed by atoms with van der Waals surface area (Å²) in [6, 6.07) is 20.4. The summed E-state index contributed by atoms with van der Waals surface area (Å²) >= 11 is 15.8. The van der Waals surface area contributed by atoms with Gasteiger partial charge in [0.15, 0.2) is 11.5 Å². The molecule has 3 rings (SSSR count). The van der Waals surface area contributed by atoms with Crippen LogP contribution in [0.1, 0.15) is 30.0 Å². The lowest BCUT2D eigenvalue weighted by molar-refractivity contribution is 0.282. The van der Waals surface area contributed by atoms with Gasteiger partial charge < -0.3 is 14.8 Å². The Morgan fingerprint density at radius 2 is 1.77 bits per heavy atom. The first-order valence-electron chi connectivity index (χ1n) is 10.2. The number of hydrogen-bond acceptors (Lipinski definition) is 3. The Morgan fingerprint density at radius 3 is 2.48 bits per heavy atom. The first-order valence-corrected chi connectivity index (χ1v) is 11.7. The molecule has 0 aliphatic heterocycles. The van der Waals surface area contributed by atoms with Crippen LogP contribution < -0.4 is 14.8 Å². The molecule has 0 fully saturated rings. The van der Waals surface area contributed by atoms with Crippen LogP contribution in [0.5, 0.6) is 11.5 Å². The van der Waals surface area contributed by atoms with Gasteiger partial charge in [0, 0.05) is 28.2 Å². The number of aryl methyl sites for hydroxylation is 1. The second-order valence-electron chi connectivity index (χ2n) is 7.44. The summed E-state index contributed by atoms with van der Waals surface area (Å²) in [5.41, 5.74) is 3.34. The van der Waals surface area contributed by atoms with E-state index in [0.717, 1.165) is 35.0 Å². The van der Waals surface area contributed by atoms with E-state index in [1.165, 1.54) is 5.56 Å². The highest BCUT2D eigenvalue weighted by molar-refractivity contribution is 9.10. The lowest BCUT2D eigenvalue weighted by Crippen LogP contribution is -2.26. The lowest BCUT2D eigenvalue weighted by Gasteiger charge is -2.17. The van der Waals surface area contributed by atoms with Crippen molar-refractivity contribution in [3.05, 3.63) is 91.9 Å². The predicted molar refractivity (Wildman–Crippen MR) is 133 cm³/mol. The quantitative estimate of drug-likeness (QED) is 0.300. The van der Waals surface area contributed by atoms with Crippen LogP contribution in [-0.2, 0) is 19.6 Å². The van der Waals surface area contributed by atoms with Crippen molar-refractivity contribution in [2.75, 3.05) is 7.11 Å². The van der Waals surface area contributed by atoms with E-state index < -0.39 is 0 Å². The van der Waals surface area contributed by atoms with Crippen LogP contribution in [0, 0.1) is 0 Å². The van der Waals surface area contributed by atoms with Gasteiger partial charge in [-0.15, -0.1) is 0 Å². The highest BCUT2D eigenvalue weighted by Crippen LogP contribution is 2.37. The van der Waals surface area contributed by atoms with E-state index in [4.69, 9.17) is 32.7 Å². The largest absolute Gasteiger partial charge is 0.493 e. The first kappa shape index (κ1) is 23.9. The molecule has 1 N–H and O–H groups in total. The molecular weight excluding hydrogens is 497 g/mol. The number of nitrogens with one attached hydrogen (secondary N) is 1. The van der Waals surface area contributed by atoms with Crippen LogP contribution in [0.4, 0.5) is 0 Å². The Kier molecular flexibility index (Phi) is 9.09. The monoisotopic (exact) mass is 521 g/mol. The van der Waals surface area contributed by atoms with Gasteiger partial charge in [0.1, 0.15) is 6.61 Å². The topological polar surface area (TPSA) is 30.5 Å². The van der Waals surface area contributed by atoms with E-state index in [2.05, 4.69) is 58.5 Å². The summed E-state index contributed by atoms with van der Waals surface area (Å²) in [5, 5.41) is 4.77. The third kappa shape index (κ3) is 7.15. The number of halogens is 3. The normalized spacial score (nSPS) is 11.9. The molecule has 0 aliphatic carbocycles. The van der Waals surface area contributed by atoms with Crippen molar-refractivity contribution in [2.45, 2.75) is 39.0 Å². The Morgan fingerprint density at radius 1 is 1.00 bits per heavy atom. The Hall–Kier alpha value is -1.72. The fourth-order valence-electron chi connectivity index (χ4n) is 3.23. The third-order valence-corrected chi connectivity index (χ3v) is 6.22. The molecule has 0 radical (unpaired) electrons. The molecular formula is C25H26BrCl2NO2. The van der Waals surface area contributed by atoms with Crippen molar-refractivity contribution < 1.29 is 9.47 Å². The molecule has 0 bridgehead atoms. The number of methoxy groups -OCH3 is 1. The fourth-order valence-corrected chi connectivity index (χ4v) is 4.29. The smallest absolute Gasteiger partial charge is 0.175 e. The van der Waals surface area contributed by atoms with Gasteiger partial charge in [-0.05, 0) is 71.1 Å². The minimum Gasteiger partial charge on any atom is -0.493 e. The molecule has 3 nitrogen and oxygen atoms in total. The number of hydrogen-bond donors (Lipinski definition) is 1. The van der Waals surface area contributed by atoms with Crippen molar-refractivity contribution in [3.63, 3.8) is 0 Å². The molecule has 3 aromatic rings. The van der Waals surface area contributed by atoms with E-state index in [1.807, 2.05) is 18.2 Å². The minimum atomic E-state index is 0.319. The van der Waals surface area contributed by atoms with Crippen molar-refractivity contribution >= 4 is 39.1 Å². The van der Waals surface area contributed by atoms with E-state index in [1.54, 1.807) is 19.2 Å². The number of rotatable bonds is 10. The first-order chi connectivity index (χ1) is 15.0. The second-order valence-corrected chi connectivity index (χ2v) is 9.14. The van der Waals surface area contributed by atoms with Crippen LogP contribution in [0.3, 0.4) is 0 Å². The molecule has 164 valence electrons. The number of ether oxygens (including phenoxy) is 2. The molecule has 0 heterocycles. The van der Waals surface area contributed by atoms with Crippen LogP contribution in [-0.4, -0.2) is 13.2 Å². The summed E-state index contributed by atoms with van der Waals surface area (Å²) in [4.78, 5) is 0. The molecule has 31 heavy (non-hydrogen) atoms. The van der Waals surface area contributed by atoms with Gasteiger partial charge >= 0.3 is 0 Å². The molecule has 0 amide bonds. The van der Waals surface area contributed by atoms with Gasteiger partial charge in [0.25, 0.3) is 0 Å². The molecule has 0 aromatic heterocycles. The predicted octanol–water partition coefficient (Wildman–Crippen LogP) is 7.45. The standard InChI is InChI=1S/C25H26BrCl2NO2/c1-17(8-9-18-6-4-3-5-7-18)29-15-19-12-22(26)25(24(13-19)30-2)31-16-20-10-11-21(27)14-23(20)28/h3-7,10-14,17,29H,8-9,15-16H2,1-2H3/t17-/m0/s1. The van der Waals surface area contributed by atoms with Crippen LogP contribution in [0.25, 0.3) is 0 Å². The van der Waals surface area contributed by atoms with Crippen LogP contribution in [0.15, 0.2) is 65.1 Å². The summed E-state index contributed by atoms with van der Waals surface area (Å²) < 4.78 is 12.4. The SMILES string of the molecule is COc1cc(CN[C@@H](C)CCc2ccccc2)cc(Br)c1OCc1ccc(Cl)cc1Cl. The van der Waals surface area contributed by atoms with Gasteiger partial charge in [-0.2, -0.15) is 0 Å². The second kappa shape index (κ2) is 11.8. The van der Waals surface area contributed by atoms with Gasteiger partial charge in [-0.1, -0.05) is 59.6 Å². The van der Waals surface area contributed by atoms with Gasteiger partial charge in [-0.3, -0.25) is 0 Å². The van der Waals surface area contributed by atoms with Crippen molar-refractivity contribution in [3.8, 4) is 11.5 Å². The van der Waals surface area contributed by atoms with Crippen molar-refractivity contribution in [1.29, 1.82) is 0 Å². The molecule has 1 atom stereocenters. The highest BCUT2D eigenvalue weighted by Gasteiger charge is 2.14. The average Bonchev–Trinajstić information content (AvgIpc) is 2.77. The van der Waals surface area contributed by atoms with Crippen LogP contribution in [0.2, 0.25) is 10.0 Å². The highest BCUT2D eigenvalue weighted by atomic mass is 79.9. The fraction of sp³-hybridized carbons (Fsp3) is 0.280. The summed E-state index contributed by atoms with van der Waals surface area (Å²) in [6.45, 7) is 3.27. The third-order valence-electron chi connectivity index (χ3n) is 5.04. The van der Waals surface area contributed by atoms with E-state index >= 15 is 0 Å². The summed E-state index contributed by atoms with van der Waals surface area (Å²) in [7, 11) is 1.64. The molecule has 3 aromatic carbocycles. The average molecular weight is 523 g/mol. The van der Waals surface area contributed by atoms with Gasteiger partial charge in [0.2, 0.25) is 0 Å². The maximum absolute atomic E-state index is 6.25. The Balaban J connectivity index is 1.59. The molecule has 0 saturated heterocycles. The summed E-state index contributed by atoms with van der Waals surface area (Å²) in [5.74, 6) is 1.32. The zero-order valence-corrected chi connectivity index (χ0v) is 20.7. The van der Waals surface area contributed by atoms with E-state index in [9.17, 15) is 0 Å². The molecule has 6 heteroatoms. The Bertz CT molecular complexity index is 998. The van der Waals surface area contributed by atoms with Crippen molar-refractivity contribution in [2.24, 2.45) is 0 Å². The summed E-state index contributed by atoms with van der Waals surface area (Å²) in [6.07, 6.45) is 2.13. The lowest BCUT2D eigenvalue weighted by atomic mass is 10.1. The van der Waals surface area contributed by atoms with E-state index in [-0.39, 0.29) is 0 Å². The van der Waals surface area contributed by atoms with Crippen LogP contribution >= 0.6 is 39.1 Å². The van der Waals surface area contributed by atoms with Crippen molar-refractivity contribution in [1.82, 2.24) is 5.32 Å². The van der Waals surface area contributed by atoms with Gasteiger partial charge in [0.05, 0.1) is 11.6 Å². The van der Waals surface area contributed by atoms with E-state index in [0.29, 0.717) is 34.2 Å². The molecule has 0 saturated carbocycles. The van der Waals surface area contributed by atoms with Gasteiger partial charge in [-0.25, -0.2) is 0 Å². The minimum absolute atomic E-state index is 0.319. The number of benzene rings is 3. The Labute approximate surface area is 202 Å². The molecule has 0 aliphatic rings. The zero-order chi connectivity index (χ0) is 22.2. The molecule has 0 unspecified atom stereocenters. The molecule has 0 spiro atoms. The zero-order valence-electron chi connectivity index (χ0n) is 17.6. The maximum atomic E-state index is 6.25. The maximum Gasteiger partial charge on any atom is 0.175 e.